The zero-order chi connectivity index (χ0) is 14.2. The van der Waals surface area contributed by atoms with Gasteiger partial charge in [0.2, 0.25) is 0 Å². The van der Waals surface area contributed by atoms with Crippen LogP contribution in [0.15, 0.2) is 18.2 Å². The predicted octanol–water partition coefficient (Wildman–Crippen LogP) is 4.60. The summed E-state index contributed by atoms with van der Waals surface area (Å²) in [5.41, 5.74) is 2.36. The number of hydrogen-bond acceptors (Lipinski definition) is 1. The number of hydrogen-bond donors (Lipinski definition) is 0. The highest BCUT2D eigenvalue weighted by Crippen LogP contribution is 2.28. The Bertz CT molecular complexity index is 587. The van der Waals surface area contributed by atoms with Crippen molar-refractivity contribution in [2.75, 3.05) is 0 Å². The number of rotatable bonds is 3. The molecule has 2 rings (SSSR count). The average molecular weight is 291 g/mol. The van der Waals surface area contributed by atoms with Crippen molar-refractivity contribution in [2.24, 2.45) is 0 Å². The second-order valence-corrected chi connectivity index (χ2v) is 5.25. The molecule has 0 saturated carbocycles. The van der Waals surface area contributed by atoms with Crippen molar-refractivity contribution < 1.29 is 13.2 Å². The Kier molecular flexibility index (Phi) is 3.76. The first-order chi connectivity index (χ1) is 8.78. The van der Waals surface area contributed by atoms with Crippen molar-refractivity contribution in [3.8, 4) is 0 Å². The number of aryl methyl sites for hydroxylation is 2. The molecule has 0 bridgehead atoms. The van der Waals surface area contributed by atoms with Crippen LogP contribution in [-0.2, 0) is 6.54 Å². The normalized spacial score (nSPS) is 14.0. The Labute approximate surface area is 114 Å². The molecule has 1 atom stereocenters. The largest absolute Gasteiger partial charge is 0.390 e. The molecule has 6 heteroatoms. The summed E-state index contributed by atoms with van der Waals surface area (Å²) in [6, 6.07) is 5.52. The molecule has 0 saturated heterocycles. The van der Waals surface area contributed by atoms with Crippen molar-refractivity contribution in [3.05, 3.63) is 29.6 Å². The topological polar surface area (TPSA) is 17.8 Å². The zero-order valence-corrected chi connectivity index (χ0v) is 11.4. The molecular weight excluding hydrogens is 277 g/mol. The number of nitrogens with zero attached hydrogens (tertiary/aromatic N) is 2. The molecule has 0 spiro atoms. The summed E-state index contributed by atoms with van der Waals surface area (Å²) in [6.07, 6.45) is -5.07. The van der Waals surface area contributed by atoms with Crippen molar-refractivity contribution in [2.45, 2.75) is 38.4 Å². The van der Waals surface area contributed by atoms with Gasteiger partial charge in [-0.25, -0.2) is 4.98 Å². The lowest BCUT2D eigenvalue weighted by molar-refractivity contribution is -0.136. The van der Waals surface area contributed by atoms with Crippen LogP contribution in [0.25, 0.3) is 11.0 Å². The molecule has 0 aliphatic heterocycles. The molecule has 0 aliphatic rings. The summed E-state index contributed by atoms with van der Waals surface area (Å²) >= 11 is 6.00. The van der Waals surface area contributed by atoms with E-state index in [0.29, 0.717) is 16.9 Å². The van der Waals surface area contributed by atoms with E-state index >= 15 is 0 Å². The first kappa shape index (κ1) is 14.2. The van der Waals surface area contributed by atoms with E-state index in [1.54, 1.807) is 17.6 Å². The molecule has 1 unspecified atom stereocenters. The van der Waals surface area contributed by atoms with Gasteiger partial charge in [-0.3, -0.25) is 0 Å². The lowest BCUT2D eigenvalue weighted by Crippen LogP contribution is -2.14. The van der Waals surface area contributed by atoms with E-state index in [9.17, 15) is 13.2 Å². The third-order valence-electron chi connectivity index (χ3n) is 2.91. The van der Waals surface area contributed by atoms with Gasteiger partial charge in [0, 0.05) is 6.54 Å². The molecule has 1 aromatic carbocycles. The molecule has 19 heavy (non-hydrogen) atoms. The molecule has 0 fully saturated rings. The van der Waals surface area contributed by atoms with E-state index < -0.39 is 18.0 Å². The summed E-state index contributed by atoms with van der Waals surface area (Å²) in [5, 5.41) is -0.430. The number of aromatic nitrogens is 2. The van der Waals surface area contributed by atoms with Crippen LogP contribution in [0.2, 0.25) is 0 Å². The standard InChI is InChI=1S/C13H14ClF3N2/c1-8-3-4-10-11(7-8)19(6-5-13(15,16)17)12(18-10)9(2)14/h3-4,7,9H,5-6H2,1-2H3. The Morgan fingerprint density at radius 1 is 1.37 bits per heavy atom. The molecule has 0 radical (unpaired) electrons. The highest BCUT2D eigenvalue weighted by Gasteiger charge is 2.28. The van der Waals surface area contributed by atoms with Gasteiger partial charge in [0.1, 0.15) is 5.82 Å². The fourth-order valence-electron chi connectivity index (χ4n) is 2.03. The van der Waals surface area contributed by atoms with E-state index in [2.05, 4.69) is 4.98 Å². The lowest BCUT2D eigenvalue weighted by atomic mass is 10.2. The predicted molar refractivity (Wildman–Crippen MR) is 69.4 cm³/mol. The molecule has 104 valence electrons. The summed E-state index contributed by atoms with van der Waals surface area (Å²) in [4.78, 5) is 4.32. The monoisotopic (exact) mass is 290 g/mol. The first-order valence-corrected chi connectivity index (χ1v) is 6.39. The van der Waals surface area contributed by atoms with Crippen LogP contribution >= 0.6 is 11.6 Å². The van der Waals surface area contributed by atoms with E-state index in [4.69, 9.17) is 11.6 Å². The van der Waals surface area contributed by atoms with Crippen LogP contribution in [0.3, 0.4) is 0 Å². The van der Waals surface area contributed by atoms with Gasteiger partial charge in [-0.05, 0) is 31.5 Å². The number of halogens is 4. The summed E-state index contributed by atoms with van der Waals surface area (Å²) < 4.78 is 38.7. The zero-order valence-electron chi connectivity index (χ0n) is 10.6. The van der Waals surface area contributed by atoms with Crippen LogP contribution in [0, 0.1) is 6.92 Å². The van der Waals surface area contributed by atoms with Gasteiger partial charge in [0.15, 0.2) is 0 Å². The lowest BCUT2D eigenvalue weighted by Gasteiger charge is -2.12. The third-order valence-corrected chi connectivity index (χ3v) is 3.10. The Hall–Kier alpha value is -1.23. The van der Waals surface area contributed by atoms with Crippen molar-refractivity contribution in [1.29, 1.82) is 0 Å². The minimum absolute atomic E-state index is 0.157. The maximum Gasteiger partial charge on any atom is 0.390 e. The molecular formula is C13H14ClF3N2. The molecule has 0 aliphatic carbocycles. The number of fused-ring (bicyclic) bond motifs is 1. The van der Waals surface area contributed by atoms with Gasteiger partial charge < -0.3 is 4.57 Å². The Morgan fingerprint density at radius 2 is 2.05 bits per heavy atom. The fourth-order valence-corrected chi connectivity index (χ4v) is 2.20. The molecule has 0 N–H and O–H groups in total. The van der Waals surface area contributed by atoms with Crippen molar-refractivity contribution >= 4 is 22.6 Å². The summed E-state index contributed by atoms with van der Waals surface area (Å²) in [6.45, 7) is 3.44. The van der Waals surface area contributed by atoms with E-state index in [-0.39, 0.29) is 6.54 Å². The molecule has 0 amide bonds. The quantitative estimate of drug-likeness (QED) is 0.756. The van der Waals surface area contributed by atoms with Crippen LogP contribution in [-0.4, -0.2) is 15.7 Å². The molecule has 2 aromatic rings. The highest BCUT2D eigenvalue weighted by atomic mass is 35.5. The minimum atomic E-state index is -4.19. The molecule has 2 nitrogen and oxygen atoms in total. The van der Waals surface area contributed by atoms with Gasteiger partial charge in [-0.15, -0.1) is 11.6 Å². The van der Waals surface area contributed by atoms with Gasteiger partial charge in [-0.2, -0.15) is 13.2 Å². The van der Waals surface area contributed by atoms with Gasteiger partial charge in [0.25, 0.3) is 0 Å². The van der Waals surface area contributed by atoms with Gasteiger partial charge in [0.05, 0.1) is 22.8 Å². The smallest absolute Gasteiger partial charge is 0.326 e. The molecule has 1 heterocycles. The minimum Gasteiger partial charge on any atom is -0.326 e. The Morgan fingerprint density at radius 3 is 2.63 bits per heavy atom. The van der Waals surface area contributed by atoms with Crippen LogP contribution < -0.4 is 0 Å². The maximum absolute atomic E-state index is 12.4. The molecule has 1 aromatic heterocycles. The fraction of sp³-hybridized carbons (Fsp3) is 0.462. The highest BCUT2D eigenvalue weighted by molar-refractivity contribution is 6.20. The van der Waals surface area contributed by atoms with Crippen molar-refractivity contribution in [1.82, 2.24) is 9.55 Å². The second kappa shape index (κ2) is 5.04. The van der Waals surface area contributed by atoms with E-state index in [0.717, 1.165) is 5.56 Å². The summed E-state index contributed by atoms with van der Waals surface area (Å²) in [7, 11) is 0. The van der Waals surface area contributed by atoms with Crippen LogP contribution in [0.1, 0.15) is 30.1 Å². The SMILES string of the molecule is Cc1ccc2nc(C(C)Cl)n(CCC(F)(F)F)c2c1. The number of benzene rings is 1. The van der Waals surface area contributed by atoms with Gasteiger partial charge >= 0.3 is 6.18 Å². The number of imidazole rings is 1. The third kappa shape index (κ3) is 3.21. The van der Waals surface area contributed by atoms with Crippen LogP contribution in [0.5, 0.6) is 0 Å². The summed E-state index contributed by atoms with van der Waals surface area (Å²) in [5.74, 6) is 0.478. The number of alkyl halides is 4. The van der Waals surface area contributed by atoms with E-state index in [1.807, 2.05) is 19.1 Å². The maximum atomic E-state index is 12.4. The Balaban J connectivity index is 2.48. The first-order valence-electron chi connectivity index (χ1n) is 5.95. The average Bonchev–Trinajstić information content (AvgIpc) is 2.63. The second-order valence-electron chi connectivity index (χ2n) is 4.59. The van der Waals surface area contributed by atoms with E-state index in [1.165, 1.54) is 0 Å². The van der Waals surface area contributed by atoms with Crippen molar-refractivity contribution in [3.63, 3.8) is 0 Å². The van der Waals surface area contributed by atoms with Crippen LogP contribution in [0.4, 0.5) is 13.2 Å². The van der Waals surface area contributed by atoms with Gasteiger partial charge in [-0.1, -0.05) is 6.07 Å².